The number of hydrogen-bond acceptors (Lipinski definition) is 0. The molecule has 0 heteroatoms. The van der Waals surface area contributed by atoms with Crippen LogP contribution >= 0.6 is 0 Å². The second-order valence-corrected chi connectivity index (χ2v) is 13.0. The first-order valence-corrected chi connectivity index (χ1v) is 13.0. The van der Waals surface area contributed by atoms with Gasteiger partial charge in [0.25, 0.3) is 0 Å². The molecule has 0 saturated carbocycles. The molecular formula is C34H40. The number of allylic oxidation sites excluding steroid dienone is 1. The lowest BCUT2D eigenvalue weighted by Gasteiger charge is -2.31. The van der Waals surface area contributed by atoms with E-state index in [0.29, 0.717) is 17.8 Å². The maximum Gasteiger partial charge on any atom is 0.0314 e. The van der Waals surface area contributed by atoms with Gasteiger partial charge in [-0.15, -0.1) is 0 Å². The van der Waals surface area contributed by atoms with E-state index in [0.717, 1.165) is 0 Å². The highest BCUT2D eigenvalue weighted by atomic mass is 14.4. The van der Waals surface area contributed by atoms with Crippen molar-refractivity contribution in [3.05, 3.63) is 99.1 Å². The van der Waals surface area contributed by atoms with Crippen molar-refractivity contribution in [1.29, 1.82) is 0 Å². The van der Waals surface area contributed by atoms with Gasteiger partial charge in [-0.25, -0.2) is 0 Å². The molecule has 3 aromatic rings. The van der Waals surface area contributed by atoms with Crippen LogP contribution in [-0.4, -0.2) is 0 Å². The fourth-order valence-electron chi connectivity index (χ4n) is 6.41. The van der Waals surface area contributed by atoms with Crippen LogP contribution in [0, 0.1) is 5.92 Å². The van der Waals surface area contributed by atoms with Gasteiger partial charge < -0.3 is 0 Å². The van der Waals surface area contributed by atoms with Crippen LogP contribution in [0.2, 0.25) is 0 Å². The van der Waals surface area contributed by atoms with E-state index >= 15 is 0 Å². The summed E-state index contributed by atoms with van der Waals surface area (Å²) in [5, 5.41) is 0. The van der Waals surface area contributed by atoms with Gasteiger partial charge in [0.05, 0.1) is 0 Å². The lowest BCUT2D eigenvalue weighted by molar-refractivity contribution is 0.566. The van der Waals surface area contributed by atoms with E-state index in [9.17, 15) is 0 Å². The van der Waals surface area contributed by atoms with E-state index in [1.165, 1.54) is 50.1 Å². The first-order valence-electron chi connectivity index (χ1n) is 13.0. The van der Waals surface area contributed by atoms with Crippen LogP contribution < -0.4 is 0 Å². The number of hydrogen-bond donors (Lipinski definition) is 0. The van der Waals surface area contributed by atoms with Crippen molar-refractivity contribution in [2.45, 2.75) is 85.0 Å². The molecule has 0 amide bonds. The van der Waals surface area contributed by atoms with Crippen LogP contribution in [0.25, 0.3) is 17.2 Å². The Morgan fingerprint density at radius 3 is 2.06 bits per heavy atom. The highest BCUT2D eigenvalue weighted by molar-refractivity contribution is 5.86. The summed E-state index contributed by atoms with van der Waals surface area (Å²) in [5.41, 5.74) is 15.0. The normalized spacial score (nSPS) is 19.2. The van der Waals surface area contributed by atoms with Crippen molar-refractivity contribution in [3.63, 3.8) is 0 Å². The van der Waals surface area contributed by atoms with E-state index in [-0.39, 0.29) is 10.8 Å². The highest BCUT2D eigenvalue weighted by Crippen LogP contribution is 2.56. The van der Waals surface area contributed by atoms with E-state index in [4.69, 9.17) is 0 Å². The van der Waals surface area contributed by atoms with Crippen molar-refractivity contribution in [1.82, 2.24) is 0 Å². The molecule has 0 bridgehead atoms. The standard InChI is InChI=1S/C34H40/c1-20(2)29-25-15-14-23(33(4,5)6)19-27(25)31-26(29)16-17-28(34(7,8)9)32(31)30-21(3)18-22-12-10-11-13-24(22)30/h10-20,29-30H,1-9H3. The van der Waals surface area contributed by atoms with Gasteiger partial charge in [-0.05, 0) is 73.7 Å². The molecule has 0 saturated heterocycles. The summed E-state index contributed by atoms with van der Waals surface area (Å²) in [4.78, 5) is 0. The fraction of sp³-hybridized carbons (Fsp3) is 0.412. The third-order valence-electron chi connectivity index (χ3n) is 8.05. The smallest absolute Gasteiger partial charge is 0.0314 e. The van der Waals surface area contributed by atoms with Gasteiger partial charge in [-0.3, -0.25) is 0 Å². The van der Waals surface area contributed by atoms with Crippen LogP contribution in [0.3, 0.4) is 0 Å². The monoisotopic (exact) mass is 448 g/mol. The molecule has 0 radical (unpaired) electrons. The summed E-state index contributed by atoms with van der Waals surface area (Å²) < 4.78 is 0. The minimum absolute atomic E-state index is 0.0693. The third kappa shape index (κ3) is 3.49. The van der Waals surface area contributed by atoms with Crippen LogP contribution in [0.4, 0.5) is 0 Å². The Morgan fingerprint density at radius 2 is 1.41 bits per heavy atom. The molecule has 0 aromatic heterocycles. The quantitative estimate of drug-likeness (QED) is 0.366. The van der Waals surface area contributed by atoms with Crippen LogP contribution in [0.1, 0.15) is 113 Å². The summed E-state index contributed by atoms with van der Waals surface area (Å²) in [6.45, 7) is 21.2. The Morgan fingerprint density at radius 1 is 0.735 bits per heavy atom. The van der Waals surface area contributed by atoms with Gasteiger partial charge in [-0.1, -0.05) is 122 Å². The van der Waals surface area contributed by atoms with Crippen molar-refractivity contribution < 1.29 is 0 Å². The van der Waals surface area contributed by atoms with Crippen molar-refractivity contribution in [2.24, 2.45) is 5.92 Å². The second-order valence-electron chi connectivity index (χ2n) is 13.0. The first kappa shape index (κ1) is 23.2. The molecule has 0 nitrogen and oxygen atoms in total. The zero-order chi connectivity index (χ0) is 24.6. The molecule has 0 spiro atoms. The molecule has 3 aromatic carbocycles. The van der Waals surface area contributed by atoms with Crippen molar-refractivity contribution >= 4 is 6.08 Å². The molecule has 2 atom stereocenters. The Labute approximate surface area is 207 Å². The van der Waals surface area contributed by atoms with Crippen LogP contribution in [0.15, 0.2) is 60.2 Å². The lowest BCUT2D eigenvalue weighted by atomic mass is 9.73. The van der Waals surface area contributed by atoms with E-state index in [1.54, 1.807) is 5.56 Å². The predicted octanol–water partition coefficient (Wildman–Crippen LogP) is 9.60. The molecule has 2 unspecified atom stereocenters. The maximum absolute atomic E-state index is 2.52. The van der Waals surface area contributed by atoms with Gasteiger partial charge >= 0.3 is 0 Å². The zero-order valence-corrected chi connectivity index (χ0v) is 22.5. The maximum atomic E-state index is 2.52. The number of benzene rings is 3. The largest absolute Gasteiger partial charge is 0.0619 e. The van der Waals surface area contributed by atoms with E-state index in [2.05, 4.69) is 123 Å². The fourth-order valence-corrected chi connectivity index (χ4v) is 6.41. The van der Waals surface area contributed by atoms with E-state index in [1.807, 2.05) is 0 Å². The van der Waals surface area contributed by atoms with Gasteiger partial charge in [-0.2, -0.15) is 0 Å². The van der Waals surface area contributed by atoms with Gasteiger partial charge in [0.1, 0.15) is 0 Å². The van der Waals surface area contributed by atoms with Gasteiger partial charge in [0.2, 0.25) is 0 Å². The Kier molecular flexibility index (Phi) is 5.25. The van der Waals surface area contributed by atoms with Crippen molar-refractivity contribution in [2.75, 3.05) is 0 Å². The SMILES string of the molecule is CC1=Cc2ccccc2C1c1c(C(C)(C)C)ccc2c1-c1cc(C(C)(C)C)ccc1C2C(C)C. The van der Waals surface area contributed by atoms with Crippen molar-refractivity contribution in [3.8, 4) is 11.1 Å². The minimum Gasteiger partial charge on any atom is -0.0619 e. The Balaban J connectivity index is 1.89. The molecule has 5 rings (SSSR count). The molecule has 2 aliphatic rings. The molecule has 0 fully saturated rings. The molecule has 34 heavy (non-hydrogen) atoms. The van der Waals surface area contributed by atoms with E-state index < -0.39 is 0 Å². The molecule has 176 valence electrons. The minimum atomic E-state index is 0.0693. The number of rotatable bonds is 2. The molecular weight excluding hydrogens is 408 g/mol. The summed E-state index contributed by atoms with van der Waals surface area (Å²) in [6, 6.07) is 21.3. The Bertz CT molecular complexity index is 1300. The highest BCUT2D eigenvalue weighted by Gasteiger charge is 2.39. The van der Waals surface area contributed by atoms with Crippen LogP contribution in [0.5, 0.6) is 0 Å². The average Bonchev–Trinajstić information content (AvgIpc) is 3.25. The lowest BCUT2D eigenvalue weighted by Crippen LogP contribution is -2.18. The number of fused-ring (bicyclic) bond motifs is 4. The van der Waals surface area contributed by atoms with Gasteiger partial charge in [0.15, 0.2) is 0 Å². The Hall–Kier alpha value is -2.60. The average molecular weight is 449 g/mol. The molecule has 2 aliphatic carbocycles. The third-order valence-corrected chi connectivity index (χ3v) is 8.05. The predicted molar refractivity (Wildman–Crippen MR) is 148 cm³/mol. The summed E-state index contributed by atoms with van der Waals surface area (Å²) >= 11 is 0. The molecule has 0 aliphatic heterocycles. The zero-order valence-electron chi connectivity index (χ0n) is 22.5. The summed E-state index contributed by atoms with van der Waals surface area (Å²) in [7, 11) is 0. The summed E-state index contributed by atoms with van der Waals surface area (Å²) in [5.74, 6) is 1.33. The topological polar surface area (TPSA) is 0 Å². The molecule has 0 heterocycles. The first-order chi connectivity index (χ1) is 15.9. The summed E-state index contributed by atoms with van der Waals surface area (Å²) in [6.07, 6.45) is 2.41. The van der Waals surface area contributed by atoms with Gasteiger partial charge in [0, 0.05) is 11.8 Å². The molecule has 0 N–H and O–H groups in total. The second kappa shape index (κ2) is 7.70. The van der Waals surface area contributed by atoms with Crippen LogP contribution in [-0.2, 0) is 10.8 Å².